The van der Waals surface area contributed by atoms with Crippen molar-refractivity contribution in [3.8, 4) is 0 Å². The summed E-state index contributed by atoms with van der Waals surface area (Å²) in [6, 6.07) is 4.38. The average Bonchev–Trinajstić information content (AvgIpc) is 2.46. The van der Waals surface area contributed by atoms with Gasteiger partial charge in [0.15, 0.2) is 5.69 Å². The van der Waals surface area contributed by atoms with Crippen LogP contribution in [0.1, 0.15) is 16.8 Å². The van der Waals surface area contributed by atoms with Gasteiger partial charge in [0.1, 0.15) is 5.82 Å². The fourth-order valence-corrected chi connectivity index (χ4v) is 2.07. The molecule has 1 heterocycles. The molecule has 0 aliphatic heterocycles. The summed E-state index contributed by atoms with van der Waals surface area (Å²) in [5, 5.41) is 5.93. The second-order valence-electron chi connectivity index (χ2n) is 4.70. The SMILES string of the molecule is CNc1nc(Nc2c(C)ccc(Cl)c2C)cc(C(F)(F)F)n1. The Labute approximate surface area is 130 Å². The third-order valence-electron chi connectivity index (χ3n) is 3.10. The molecular formula is C14H14ClF3N4. The Kier molecular flexibility index (Phi) is 4.46. The molecule has 1 aromatic heterocycles. The molecule has 8 heteroatoms. The first-order valence-electron chi connectivity index (χ1n) is 6.39. The van der Waals surface area contributed by atoms with Gasteiger partial charge in [-0.1, -0.05) is 17.7 Å². The van der Waals surface area contributed by atoms with Crippen LogP contribution in [0.5, 0.6) is 0 Å². The topological polar surface area (TPSA) is 49.8 Å². The van der Waals surface area contributed by atoms with Gasteiger partial charge >= 0.3 is 6.18 Å². The second kappa shape index (κ2) is 6.00. The number of nitrogens with one attached hydrogen (secondary N) is 2. The number of benzene rings is 1. The molecule has 0 radical (unpaired) electrons. The number of halogens is 4. The number of rotatable bonds is 3. The van der Waals surface area contributed by atoms with Gasteiger partial charge in [-0.2, -0.15) is 18.2 Å². The Balaban J connectivity index is 2.48. The zero-order valence-corrected chi connectivity index (χ0v) is 12.9. The van der Waals surface area contributed by atoms with Crippen molar-refractivity contribution in [1.29, 1.82) is 0 Å². The van der Waals surface area contributed by atoms with E-state index in [4.69, 9.17) is 11.6 Å². The lowest BCUT2D eigenvalue weighted by molar-refractivity contribution is -0.141. The fourth-order valence-electron chi connectivity index (χ4n) is 1.91. The Hall–Kier alpha value is -2.02. The van der Waals surface area contributed by atoms with Crippen molar-refractivity contribution in [3.05, 3.63) is 40.0 Å². The highest BCUT2D eigenvalue weighted by atomic mass is 35.5. The molecule has 2 aromatic rings. The molecule has 0 bridgehead atoms. The first kappa shape index (κ1) is 16.4. The summed E-state index contributed by atoms with van der Waals surface area (Å²) >= 11 is 6.05. The van der Waals surface area contributed by atoms with Gasteiger partial charge in [0.25, 0.3) is 0 Å². The van der Waals surface area contributed by atoms with Crippen molar-refractivity contribution in [1.82, 2.24) is 9.97 Å². The van der Waals surface area contributed by atoms with Crippen LogP contribution in [0.2, 0.25) is 5.02 Å². The normalized spacial score (nSPS) is 11.4. The van der Waals surface area contributed by atoms with Crippen molar-refractivity contribution < 1.29 is 13.2 Å². The largest absolute Gasteiger partial charge is 0.433 e. The Morgan fingerprint density at radius 3 is 2.41 bits per heavy atom. The number of alkyl halides is 3. The lowest BCUT2D eigenvalue weighted by atomic mass is 10.1. The van der Waals surface area contributed by atoms with Gasteiger partial charge in [0.05, 0.1) is 0 Å². The number of hydrogen-bond donors (Lipinski definition) is 2. The summed E-state index contributed by atoms with van der Waals surface area (Å²) in [5.74, 6) is -0.0743. The molecule has 0 amide bonds. The highest BCUT2D eigenvalue weighted by Crippen LogP contribution is 2.33. The fraction of sp³-hybridized carbons (Fsp3) is 0.286. The Morgan fingerprint density at radius 1 is 1.14 bits per heavy atom. The van der Waals surface area contributed by atoms with Gasteiger partial charge in [-0.25, -0.2) is 4.98 Å². The quantitative estimate of drug-likeness (QED) is 0.866. The van der Waals surface area contributed by atoms with Crippen molar-refractivity contribution in [3.63, 3.8) is 0 Å². The molecule has 0 spiro atoms. The maximum atomic E-state index is 12.9. The van der Waals surface area contributed by atoms with E-state index in [2.05, 4.69) is 20.6 Å². The van der Waals surface area contributed by atoms with E-state index in [1.54, 1.807) is 19.1 Å². The van der Waals surface area contributed by atoms with Crippen LogP contribution in [0.3, 0.4) is 0 Å². The van der Waals surface area contributed by atoms with E-state index in [9.17, 15) is 13.2 Å². The van der Waals surface area contributed by atoms with Crippen LogP contribution in [0.25, 0.3) is 0 Å². The minimum absolute atomic E-state index is 0.0418. The van der Waals surface area contributed by atoms with Crippen LogP contribution < -0.4 is 10.6 Å². The summed E-state index contributed by atoms with van der Waals surface area (Å²) in [6.07, 6.45) is -4.55. The van der Waals surface area contributed by atoms with Gasteiger partial charge in [0, 0.05) is 23.8 Å². The molecule has 1 aromatic carbocycles. The number of aromatic nitrogens is 2. The van der Waals surface area contributed by atoms with Gasteiger partial charge < -0.3 is 10.6 Å². The Morgan fingerprint density at radius 2 is 1.82 bits per heavy atom. The third-order valence-corrected chi connectivity index (χ3v) is 3.51. The molecule has 2 rings (SSSR count). The first-order valence-corrected chi connectivity index (χ1v) is 6.77. The van der Waals surface area contributed by atoms with Crippen LogP contribution in [0.4, 0.5) is 30.6 Å². The summed E-state index contributed by atoms with van der Waals surface area (Å²) in [7, 11) is 1.45. The summed E-state index contributed by atoms with van der Waals surface area (Å²) in [6.45, 7) is 3.61. The molecule has 0 aliphatic rings. The van der Waals surface area contributed by atoms with Crippen LogP contribution in [0.15, 0.2) is 18.2 Å². The molecule has 0 atom stereocenters. The van der Waals surface area contributed by atoms with E-state index >= 15 is 0 Å². The lowest BCUT2D eigenvalue weighted by Gasteiger charge is -2.15. The maximum absolute atomic E-state index is 12.9. The summed E-state index contributed by atoms with van der Waals surface area (Å²) in [5.41, 5.74) is 1.19. The highest BCUT2D eigenvalue weighted by molar-refractivity contribution is 6.31. The van der Waals surface area contributed by atoms with Crippen LogP contribution in [0, 0.1) is 13.8 Å². The minimum Gasteiger partial charge on any atom is -0.357 e. The van der Waals surface area contributed by atoms with Crippen LogP contribution in [-0.2, 0) is 6.18 Å². The van der Waals surface area contributed by atoms with Crippen molar-refractivity contribution in [2.45, 2.75) is 20.0 Å². The molecular weight excluding hydrogens is 317 g/mol. The van der Waals surface area contributed by atoms with Crippen LogP contribution in [-0.4, -0.2) is 17.0 Å². The summed E-state index contributed by atoms with van der Waals surface area (Å²) in [4.78, 5) is 7.41. The highest BCUT2D eigenvalue weighted by Gasteiger charge is 2.33. The average molecular weight is 331 g/mol. The lowest BCUT2D eigenvalue weighted by Crippen LogP contribution is -2.12. The molecule has 22 heavy (non-hydrogen) atoms. The predicted octanol–water partition coefficient (Wildman–Crippen LogP) is 4.55. The predicted molar refractivity (Wildman–Crippen MR) is 80.8 cm³/mol. The molecule has 2 N–H and O–H groups in total. The van der Waals surface area contributed by atoms with E-state index in [-0.39, 0.29) is 11.8 Å². The standard InChI is InChI=1S/C14H14ClF3N4/c1-7-4-5-9(15)8(2)12(7)21-11-6-10(14(16,17)18)20-13(19-3)22-11/h4-6H,1-3H3,(H2,19,20,21,22). The van der Waals surface area contributed by atoms with Crippen LogP contribution >= 0.6 is 11.6 Å². The van der Waals surface area contributed by atoms with Crippen molar-refractivity contribution in [2.24, 2.45) is 0 Å². The van der Waals surface area contributed by atoms with E-state index < -0.39 is 11.9 Å². The monoisotopic (exact) mass is 330 g/mol. The smallest absolute Gasteiger partial charge is 0.357 e. The van der Waals surface area contributed by atoms with E-state index in [1.807, 2.05) is 6.92 Å². The minimum atomic E-state index is -4.55. The van der Waals surface area contributed by atoms with Gasteiger partial charge in [-0.3, -0.25) is 0 Å². The maximum Gasteiger partial charge on any atom is 0.433 e. The third kappa shape index (κ3) is 3.41. The molecule has 118 valence electrons. The number of nitrogens with zero attached hydrogens (tertiary/aromatic N) is 2. The summed E-state index contributed by atoms with van der Waals surface area (Å²) < 4.78 is 38.6. The van der Waals surface area contributed by atoms with Crippen molar-refractivity contribution in [2.75, 3.05) is 17.7 Å². The first-order chi connectivity index (χ1) is 10.2. The van der Waals surface area contributed by atoms with E-state index in [0.717, 1.165) is 17.2 Å². The zero-order chi connectivity index (χ0) is 16.5. The van der Waals surface area contributed by atoms with Gasteiger partial charge in [-0.05, 0) is 31.0 Å². The number of aryl methyl sites for hydroxylation is 1. The molecule has 0 aliphatic carbocycles. The molecule has 0 unspecified atom stereocenters. The number of anilines is 3. The molecule has 0 saturated carbocycles. The van der Waals surface area contributed by atoms with Gasteiger partial charge in [0.2, 0.25) is 5.95 Å². The second-order valence-corrected chi connectivity index (χ2v) is 5.11. The zero-order valence-electron chi connectivity index (χ0n) is 12.1. The molecule has 0 fully saturated rings. The van der Waals surface area contributed by atoms with E-state index in [1.165, 1.54) is 7.05 Å². The van der Waals surface area contributed by atoms with Crippen molar-refractivity contribution >= 4 is 29.1 Å². The Bertz CT molecular complexity index is 701. The number of hydrogen-bond acceptors (Lipinski definition) is 4. The van der Waals surface area contributed by atoms with E-state index in [0.29, 0.717) is 10.7 Å². The van der Waals surface area contributed by atoms with Gasteiger partial charge in [-0.15, -0.1) is 0 Å². The molecule has 4 nitrogen and oxygen atoms in total. The molecule has 0 saturated heterocycles.